The molecule has 0 bridgehead atoms. The van der Waals surface area contributed by atoms with Crippen LogP contribution in [0.3, 0.4) is 0 Å². The third-order valence-electron chi connectivity index (χ3n) is 4.92. The molecule has 0 aromatic carbocycles. The lowest BCUT2D eigenvalue weighted by atomic mass is 9.99. The van der Waals surface area contributed by atoms with Crippen LogP contribution in [-0.2, 0) is 9.47 Å². The molecule has 0 radical (unpaired) electrons. The van der Waals surface area contributed by atoms with Gasteiger partial charge in [-0.2, -0.15) is 0 Å². The molecular weight excluding hydrogens is 256 g/mol. The Morgan fingerprint density at radius 3 is 2.75 bits per heavy atom. The van der Waals surface area contributed by atoms with E-state index >= 15 is 0 Å². The van der Waals surface area contributed by atoms with E-state index in [-0.39, 0.29) is 17.7 Å². The third kappa shape index (κ3) is 2.66. The van der Waals surface area contributed by atoms with Crippen molar-refractivity contribution in [3.05, 3.63) is 0 Å². The van der Waals surface area contributed by atoms with Gasteiger partial charge in [-0.05, 0) is 19.8 Å². The molecule has 114 valence electrons. The van der Waals surface area contributed by atoms with E-state index in [1.54, 1.807) is 0 Å². The van der Waals surface area contributed by atoms with E-state index in [9.17, 15) is 4.79 Å². The Balaban J connectivity index is 1.67. The van der Waals surface area contributed by atoms with Gasteiger partial charge in [-0.1, -0.05) is 12.8 Å². The molecule has 1 saturated carbocycles. The minimum absolute atomic E-state index is 0.0892. The number of hydrogen-bond acceptors (Lipinski definition) is 3. The molecule has 0 N–H and O–H groups in total. The molecule has 5 nitrogen and oxygen atoms in total. The van der Waals surface area contributed by atoms with Crippen molar-refractivity contribution in [2.24, 2.45) is 0 Å². The summed E-state index contributed by atoms with van der Waals surface area (Å²) in [5, 5.41) is 0. The number of carbonyl (C=O) groups excluding carboxylic acids is 1. The fourth-order valence-corrected chi connectivity index (χ4v) is 3.85. The lowest BCUT2D eigenvalue weighted by Crippen LogP contribution is -2.59. The first-order valence-electron chi connectivity index (χ1n) is 7.87. The molecule has 2 atom stereocenters. The van der Waals surface area contributed by atoms with Gasteiger partial charge < -0.3 is 19.3 Å². The fraction of sp³-hybridized carbons (Fsp3) is 0.933. The van der Waals surface area contributed by atoms with Gasteiger partial charge in [-0.3, -0.25) is 0 Å². The van der Waals surface area contributed by atoms with E-state index in [4.69, 9.17) is 9.47 Å². The topological polar surface area (TPSA) is 42.0 Å². The van der Waals surface area contributed by atoms with Crippen LogP contribution in [0.25, 0.3) is 0 Å². The summed E-state index contributed by atoms with van der Waals surface area (Å²) >= 11 is 0. The van der Waals surface area contributed by atoms with E-state index in [2.05, 4.69) is 6.92 Å². The fourth-order valence-electron chi connectivity index (χ4n) is 3.85. The van der Waals surface area contributed by atoms with Crippen molar-refractivity contribution in [3.63, 3.8) is 0 Å². The van der Waals surface area contributed by atoms with Crippen LogP contribution in [0.4, 0.5) is 4.79 Å². The highest BCUT2D eigenvalue weighted by Crippen LogP contribution is 2.31. The molecular formula is C15H26N2O3. The van der Waals surface area contributed by atoms with E-state index in [1.807, 2.05) is 16.8 Å². The standard InChI is InChI=1S/C15H26N2O3/c1-12-9-17(10-15(20-12)7-8-19-11-15)14(18)16(2)13-5-3-4-6-13/h12-13H,3-11H2,1-2H3. The van der Waals surface area contributed by atoms with Gasteiger partial charge in [-0.25, -0.2) is 4.79 Å². The first-order chi connectivity index (χ1) is 9.60. The van der Waals surface area contributed by atoms with E-state index in [0.717, 1.165) is 25.9 Å². The number of nitrogens with zero attached hydrogens (tertiary/aromatic N) is 2. The lowest BCUT2D eigenvalue weighted by Gasteiger charge is -2.44. The number of carbonyl (C=O) groups is 1. The molecule has 20 heavy (non-hydrogen) atoms. The lowest BCUT2D eigenvalue weighted by molar-refractivity contribution is -0.139. The van der Waals surface area contributed by atoms with Crippen LogP contribution in [0.1, 0.15) is 39.0 Å². The predicted molar refractivity (Wildman–Crippen MR) is 75.7 cm³/mol. The van der Waals surface area contributed by atoms with Gasteiger partial charge in [0.25, 0.3) is 0 Å². The zero-order valence-electron chi connectivity index (χ0n) is 12.6. The number of hydrogen-bond donors (Lipinski definition) is 0. The second-order valence-electron chi connectivity index (χ2n) is 6.63. The summed E-state index contributed by atoms with van der Waals surface area (Å²) in [6.07, 6.45) is 5.78. The van der Waals surface area contributed by atoms with Gasteiger partial charge in [0.05, 0.1) is 19.3 Å². The molecule has 3 fully saturated rings. The summed E-state index contributed by atoms with van der Waals surface area (Å²) in [6, 6.07) is 0.592. The average molecular weight is 282 g/mol. The molecule has 2 amide bonds. The highest BCUT2D eigenvalue weighted by molar-refractivity contribution is 5.74. The minimum atomic E-state index is -0.260. The second-order valence-corrected chi connectivity index (χ2v) is 6.63. The largest absolute Gasteiger partial charge is 0.378 e. The van der Waals surface area contributed by atoms with E-state index < -0.39 is 0 Å². The zero-order valence-corrected chi connectivity index (χ0v) is 12.6. The molecule has 1 spiro atoms. The quantitative estimate of drug-likeness (QED) is 0.737. The van der Waals surface area contributed by atoms with Gasteiger partial charge >= 0.3 is 6.03 Å². The maximum absolute atomic E-state index is 12.7. The Labute approximate surface area is 121 Å². The number of ether oxygens (including phenoxy) is 2. The van der Waals surface area contributed by atoms with Gasteiger partial charge in [0, 0.05) is 32.7 Å². The first kappa shape index (κ1) is 14.1. The van der Waals surface area contributed by atoms with Crippen molar-refractivity contribution in [1.82, 2.24) is 9.80 Å². The Morgan fingerprint density at radius 2 is 2.10 bits per heavy atom. The Bertz CT molecular complexity index is 362. The molecule has 2 heterocycles. The van der Waals surface area contributed by atoms with Gasteiger partial charge in [0.1, 0.15) is 5.60 Å². The highest BCUT2D eigenvalue weighted by atomic mass is 16.6. The zero-order chi connectivity index (χ0) is 14.2. The number of morpholine rings is 1. The van der Waals surface area contributed by atoms with Crippen LogP contribution in [0.15, 0.2) is 0 Å². The van der Waals surface area contributed by atoms with Crippen LogP contribution < -0.4 is 0 Å². The van der Waals surface area contributed by atoms with Crippen molar-refractivity contribution in [2.45, 2.75) is 56.8 Å². The Morgan fingerprint density at radius 1 is 1.35 bits per heavy atom. The van der Waals surface area contributed by atoms with Gasteiger partial charge in [0.2, 0.25) is 0 Å². The number of urea groups is 1. The van der Waals surface area contributed by atoms with Crippen LogP contribution in [0.2, 0.25) is 0 Å². The van der Waals surface area contributed by atoms with Crippen molar-refractivity contribution >= 4 is 6.03 Å². The molecule has 3 aliphatic rings. The Hall–Kier alpha value is -0.810. The normalized spacial score (nSPS) is 34.9. The van der Waals surface area contributed by atoms with Gasteiger partial charge in [-0.15, -0.1) is 0 Å². The summed E-state index contributed by atoms with van der Waals surface area (Å²) < 4.78 is 11.6. The number of rotatable bonds is 1. The van der Waals surface area contributed by atoms with Crippen molar-refractivity contribution in [1.29, 1.82) is 0 Å². The minimum Gasteiger partial charge on any atom is -0.378 e. The van der Waals surface area contributed by atoms with E-state index in [1.165, 1.54) is 12.8 Å². The van der Waals surface area contributed by atoms with E-state index in [0.29, 0.717) is 25.7 Å². The predicted octanol–water partition coefficient (Wildman–Crippen LogP) is 1.86. The average Bonchev–Trinajstić information content (AvgIpc) is 3.08. The maximum atomic E-state index is 12.7. The molecule has 0 aromatic heterocycles. The van der Waals surface area contributed by atoms with Crippen molar-refractivity contribution in [2.75, 3.05) is 33.4 Å². The van der Waals surface area contributed by atoms with Crippen LogP contribution in [0, 0.1) is 0 Å². The van der Waals surface area contributed by atoms with Crippen molar-refractivity contribution < 1.29 is 14.3 Å². The molecule has 5 heteroatoms. The smallest absolute Gasteiger partial charge is 0.320 e. The molecule has 2 unspecified atom stereocenters. The second kappa shape index (κ2) is 5.53. The maximum Gasteiger partial charge on any atom is 0.320 e. The van der Waals surface area contributed by atoms with Crippen LogP contribution in [-0.4, -0.2) is 66.9 Å². The molecule has 2 aliphatic heterocycles. The molecule has 0 aromatic rings. The van der Waals surface area contributed by atoms with Crippen molar-refractivity contribution in [3.8, 4) is 0 Å². The molecule has 1 aliphatic carbocycles. The highest BCUT2D eigenvalue weighted by Gasteiger charge is 2.44. The first-order valence-corrected chi connectivity index (χ1v) is 7.87. The molecule has 2 saturated heterocycles. The number of amides is 2. The third-order valence-corrected chi connectivity index (χ3v) is 4.92. The van der Waals surface area contributed by atoms with Crippen LogP contribution >= 0.6 is 0 Å². The summed E-state index contributed by atoms with van der Waals surface area (Å²) in [7, 11) is 1.95. The van der Waals surface area contributed by atoms with Crippen LogP contribution in [0.5, 0.6) is 0 Å². The monoisotopic (exact) mass is 282 g/mol. The SMILES string of the molecule is CC1CN(C(=O)N(C)C2CCCC2)CC2(CCOC2)O1. The summed E-state index contributed by atoms with van der Waals surface area (Å²) in [5.41, 5.74) is -0.260. The van der Waals surface area contributed by atoms with Gasteiger partial charge in [0.15, 0.2) is 0 Å². The summed E-state index contributed by atoms with van der Waals surface area (Å²) in [4.78, 5) is 16.7. The summed E-state index contributed by atoms with van der Waals surface area (Å²) in [6.45, 7) is 4.78. The summed E-state index contributed by atoms with van der Waals surface area (Å²) in [5.74, 6) is 0. The Kier molecular flexibility index (Phi) is 3.91. The molecule has 3 rings (SSSR count).